The summed E-state index contributed by atoms with van der Waals surface area (Å²) in [5, 5.41) is 11.4. The number of hydrogen-bond acceptors (Lipinski definition) is 4. The molecule has 0 saturated heterocycles. The van der Waals surface area contributed by atoms with Crippen molar-refractivity contribution >= 4 is 5.96 Å². The van der Waals surface area contributed by atoms with Crippen LogP contribution in [0.3, 0.4) is 0 Å². The highest BCUT2D eigenvalue weighted by Crippen LogP contribution is 2.32. The normalized spacial score (nSPS) is 13.1. The average molecular weight is 371 g/mol. The number of benzene rings is 1. The fraction of sp³-hybridized carbons (Fsp3) is 0.500. The molecule has 1 aromatic carbocycles. The van der Waals surface area contributed by atoms with E-state index in [-0.39, 0.29) is 0 Å². The number of nitrogens with one attached hydrogen (secondary N) is 2. The monoisotopic (exact) mass is 371 g/mol. The number of aromatic nitrogens is 2. The second-order valence-electron chi connectivity index (χ2n) is 6.49. The molecule has 2 aromatic rings. The van der Waals surface area contributed by atoms with Gasteiger partial charge in [0.25, 0.3) is 0 Å². The molecule has 146 valence electrons. The largest absolute Gasteiger partial charge is 0.454 e. The highest BCUT2D eigenvalue weighted by molar-refractivity contribution is 5.79. The summed E-state index contributed by atoms with van der Waals surface area (Å²) in [7, 11) is 3.81. The molecule has 2 heterocycles. The number of rotatable bonds is 7. The lowest BCUT2D eigenvalue weighted by Crippen LogP contribution is -2.38. The first-order chi connectivity index (χ1) is 13.2. The van der Waals surface area contributed by atoms with E-state index in [0.29, 0.717) is 6.79 Å². The number of fused-ring (bicyclic) bond motifs is 1. The number of guanidine groups is 1. The maximum atomic E-state index is 5.43. The molecule has 7 nitrogen and oxygen atoms in total. The second-order valence-corrected chi connectivity index (χ2v) is 6.49. The van der Waals surface area contributed by atoms with Crippen LogP contribution in [0, 0.1) is 0 Å². The molecule has 1 aliphatic heterocycles. The summed E-state index contributed by atoms with van der Waals surface area (Å²) >= 11 is 0. The van der Waals surface area contributed by atoms with Crippen LogP contribution in [-0.2, 0) is 32.9 Å². The van der Waals surface area contributed by atoms with Gasteiger partial charge in [0, 0.05) is 38.4 Å². The van der Waals surface area contributed by atoms with Crippen molar-refractivity contribution in [2.75, 3.05) is 20.4 Å². The van der Waals surface area contributed by atoms with Gasteiger partial charge in [-0.3, -0.25) is 9.67 Å². The first-order valence-electron chi connectivity index (χ1n) is 9.52. The minimum atomic E-state index is 0.307. The molecule has 0 atom stereocenters. The van der Waals surface area contributed by atoms with Crippen molar-refractivity contribution in [3.05, 3.63) is 40.7 Å². The van der Waals surface area contributed by atoms with Crippen molar-refractivity contribution in [3.8, 4) is 11.5 Å². The zero-order valence-corrected chi connectivity index (χ0v) is 16.6. The number of nitrogens with zero attached hydrogens (tertiary/aromatic N) is 3. The minimum absolute atomic E-state index is 0.307. The Hall–Kier alpha value is -2.70. The van der Waals surface area contributed by atoms with Crippen molar-refractivity contribution in [2.45, 2.75) is 39.7 Å². The van der Waals surface area contributed by atoms with E-state index >= 15 is 0 Å². The summed E-state index contributed by atoms with van der Waals surface area (Å²) in [6.07, 6.45) is 2.78. The van der Waals surface area contributed by atoms with Gasteiger partial charge in [-0.1, -0.05) is 19.9 Å². The predicted molar refractivity (Wildman–Crippen MR) is 106 cm³/mol. The van der Waals surface area contributed by atoms with E-state index in [9.17, 15) is 0 Å². The van der Waals surface area contributed by atoms with Gasteiger partial charge in [0.05, 0.1) is 5.69 Å². The molecule has 0 aliphatic carbocycles. The van der Waals surface area contributed by atoms with Crippen molar-refractivity contribution in [3.63, 3.8) is 0 Å². The van der Waals surface area contributed by atoms with Crippen LogP contribution in [0.5, 0.6) is 11.5 Å². The SMILES string of the molecule is CCc1nn(C)c(CC)c1CNC(=NC)NCCc1ccc2c(c1)OCO2. The van der Waals surface area contributed by atoms with E-state index in [1.807, 2.05) is 23.9 Å². The number of aryl methyl sites for hydroxylation is 2. The summed E-state index contributed by atoms with van der Waals surface area (Å²) in [6.45, 7) is 6.13. The molecule has 1 aromatic heterocycles. The predicted octanol–water partition coefficient (Wildman–Crippen LogP) is 2.18. The topological polar surface area (TPSA) is 72.7 Å². The highest BCUT2D eigenvalue weighted by Gasteiger charge is 2.14. The van der Waals surface area contributed by atoms with Gasteiger partial charge in [-0.15, -0.1) is 0 Å². The molecule has 0 saturated carbocycles. The zero-order chi connectivity index (χ0) is 19.2. The molecule has 0 spiro atoms. The van der Waals surface area contributed by atoms with E-state index < -0.39 is 0 Å². The Kier molecular flexibility index (Phi) is 6.21. The molecular weight excluding hydrogens is 342 g/mol. The molecular formula is C20H29N5O2. The van der Waals surface area contributed by atoms with Gasteiger partial charge in [-0.05, 0) is 37.0 Å². The highest BCUT2D eigenvalue weighted by atomic mass is 16.7. The quantitative estimate of drug-likeness (QED) is 0.577. The van der Waals surface area contributed by atoms with Gasteiger partial charge in [-0.2, -0.15) is 5.10 Å². The molecule has 0 bridgehead atoms. The Balaban J connectivity index is 1.53. The van der Waals surface area contributed by atoms with Crippen LogP contribution in [0.2, 0.25) is 0 Å². The first-order valence-corrected chi connectivity index (χ1v) is 9.52. The Morgan fingerprint density at radius 2 is 2.00 bits per heavy atom. The van der Waals surface area contributed by atoms with E-state index in [1.165, 1.54) is 16.8 Å². The van der Waals surface area contributed by atoms with Gasteiger partial charge in [0.1, 0.15) is 0 Å². The molecule has 0 fully saturated rings. The van der Waals surface area contributed by atoms with Gasteiger partial charge in [-0.25, -0.2) is 0 Å². The third-order valence-corrected chi connectivity index (χ3v) is 4.83. The van der Waals surface area contributed by atoms with Crippen LogP contribution in [-0.4, -0.2) is 36.1 Å². The average Bonchev–Trinajstić information content (AvgIpc) is 3.27. The molecule has 0 radical (unpaired) electrons. The lowest BCUT2D eigenvalue weighted by atomic mass is 10.1. The molecule has 7 heteroatoms. The van der Waals surface area contributed by atoms with Gasteiger partial charge < -0.3 is 20.1 Å². The zero-order valence-electron chi connectivity index (χ0n) is 16.6. The molecule has 3 rings (SSSR count). The third kappa shape index (κ3) is 4.35. The van der Waals surface area contributed by atoms with E-state index in [0.717, 1.165) is 55.5 Å². The lowest BCUT2D eigenvalue weighted by molar-refractivity contribution is 0.174. The summed E-state index contributed by atoms with van der Waals surface area (Å²) < 4.78 is 12.8. The summed E-state index contributed by atoms with van der Waals surface area (Å²) in [6, 6.07) is 6.07. The van der Waals surface area contributed by atoms with Crippen molar-refractivity contribution in [1.82, 2.24) is 20.4 Å². The van der Waals surface area contributed by atoms with Crippen LogP contribution in [0.15, 0.2) is 23.2 Å². The Morgan fingerprint density at radius 1 is 1.19 bits per heavy atom. The van der Waals surface area contributed by atoms with Crippen molar-refractivity contribution in [2.24, 2.45) is 12.0 Å². The first kappa shape index (κ1) is 19.1. The van der Waals surface area contributed by atoms with Crippen LogP contribution in [0.25, 0.3) is 0 Å². The van der Waals surface area contributed by atoms with Gasteiger partial charge in [0.15, 0.2) is 17.5 Å². The fourth-order valence-electron chi connectivity index (χ4n) is 3.41. The lowest BCUT2D eigenvalue weighted by Gasteiger charge is -2.13. The van der Waals surface area contributed by atoms with Crippen LogP contribution in [0.4, 0.5) is 0 Å². The summed E-state index contributed by atoms with van der Waals surface area (Å²) in [5.74, 6) is 2.44. The fourth-order valence-corrected chi connectivity index (χ4v) is 3.41. The van der Waals surface area contributed by atoms with E-state index in [2.05, 4.69) is 40.6 Å². The van der Waals surface area contributed by atoms with Gasteiger partial charge >= 0.3 is 0 Å². The van der Waals surface area contributed by atoms with Crippen molar-refractivity contribution in [1.29, 1.82) is 0 Å². The van der Waals surface area contributed by atoms with Gasteiger partial charge in [0.2, 0.25) is 6.79 Å². The van der Waals surface area contributed by atoms with Crippen LogP contribution < -0.4 is 20.1 Å². The molecule has 1 aliphatic rings. The summed E-state index contributed by atoms with van der Waals surface area (Å²) in [5.41, 5.74) is 4.91. The number of aliphatic imine (C=N–C) groups is 1. The Morgan fingerprint density at radius 3 is 2.74 bits per heavy atom. The third-order valence-electron chi connectivity index (χ3n) is 4.83. The maximum Gasteiger partial charge on any atom is 0.231 e. The minimum Gasteiger partial charge on any atom is -0.454 e. The second kappa shape index (κ2) is 8.79. The van der Waals surface area contributed by atoms with E-state index in [4.69, 9.17) is 9.47 Å². The molecule has 0 amide bonds. The van der Waals surface area contributed by atoms with Crippen LogP contribution in [0.1, 0.15) is 36.4 Å². The van der Waals surface area contributed by atoms with E-state index in [1.54, 1.807) is 7.05 Å². The summed E-state index contributed by atoms with van der Waals surface area (Å²) in [4.78, 5) is 4.33. The molecule has 0 unspecified atom stereocenters. The maximum absolute atomic E-state index is 5.43. The van der Waals surface area contributed by atoms with Crippen LogP contribution >= 0.6 is 0 Å². The smallest absolute Gasteiger partial charge is 0.231 e. The number of ether oxygens (including phenoxy) is 2. The van der Waals surface area contributed by atoms with Crippen molar-refractivity contribution < 1.29 is 9.47 Å². The number of hydrogen-bond donors (Lipinski definition) is 2. The standard InChI is InChI=1S/C20H29N5O2/c1-5-16-15(17(6-2)25(4)24-16)12-23-20(21-3)22-10-9-14-7-8-18-19(11-14)27-13-26-18/h7-8,11H,5-6,9-10,12-13H2,1-4H3,(H2,21,22,23). The Labute approximate surface area is 160 Å². The molecule has 27 heavy (non-hydrogen) atoms. The Bertz CT molecular complexity index is 813. The molecule has 2 N–H and O–H groups in total.